The van der Waals surface area contributed by atoms with Crippen molar-refractivity contribution in [1.29, 1.82) is 0 Å². The Kier molecular flexibility index (Phi) is 3.21. The Bertz CT molecular complexity index is 905. The van der Waals surface area contributed by atoms with Crippen molar-refractivity contribution in [3.63, 3.8) is 0 Å². The minimum absolute atomic E-state index is 0.174. The van der Waals surface area contributed by atoms with Crippen molar-refractivity contribution in [3.8, 4) is 0 Å². The van der Waals surface area contributed by atoms with Crippen LogP contribution in [0.25, 0.3) is 10.8 Å². The van der Waals surface area contributed by atoms with Crippen molar-refractivity contribution < 1.29 is 0 Å². The number of rotatable bonds is 0. The molecule has 0 aromatic heterocycles. The standard InChI is InChI=1S/C21H21NS/c1-21(2,3)15-10-12-17-19(13-15)23-20-16-8-6-5-7-14(16)9-11-18(20)22(17)4/h5-13H,1-4H3. The summed E-state index contributed by atoms with van der Waals surface area (Å²) in [4.78, 5) is 5.04. The van der Waals surface area contributed by atoms with E-state index in [1.807, 2.05) is 11.8 Å². The summed E-state index contributed by atoms with van der Waals surface area (Å²) in [6, 6.07) is 20.0. The lowest BCUT2D eigenvalue weighted by Crippen LogP contribution is -2.17. The van der Waals surface area contributed by atoms with Crippen molar-refractivity contribution in [2.75, 3.05) is 11.9 Å². The Morgan fingerprint density at radius 2 is 1.61 bits per heavy atom. The third kappa shape index (κ3) is 2.33. The lowest BCUT2D eigenvalue weighted by Gasteiger charge is -2.32. The fraction of sp³-hybridized carbons (Fsp3) is 0.238. The van der Waals surface area contributed by atoms with Crippen LogP contribution in [0.2, 0.25) is 0 Å². The van der Waals surface area contributed by atoms with Gasteiger partial charge in [0.2, 0.25) is 0 Å². The first-order valence-corrected chi connectivity index (χ1v) is 8.85. The van der Waals surface area contributed by atoms with Crippen molar-refractivity contribution in [1.82, 2.24) is 0 Å². The highest BCUT2D eigenvalue weighted by atomic mass is 32.2. The molecule has 0 aliphatic carbocycles. The van der Waals surface area contributed by atoms with Gasteiger partial charge >= 0.3 is 0 Å². The van der Waals surface area contributed by atoms with Gasteiger partial charge in [-0.05, 0) is 39.9 Å². The van der Waals surface area contributed by atoms with Gasteiger partial charge in [-0.1, -0.05) is 68.9 Å². The Balaban J connectivity index is 1.92. The van der Waals surface area contributed by atoms with Gasteiger partial charge < -0.3 is 4.90 Å². The molecule has 23 heavy (non-hydrogen) atoms. The molecule has 3 aromatic rings. The van der Waals surface area contributed by atoms with E-state index < -0.39 is 0 Å². The summed E-state index contributed by atoms with van der Waals surface area (Å²) in [5.74, 6) is 0. The molecule has 3 aromatic carbocycles. The minimum atomic E-state index is 0.174. The number of benzene rings is 3. The average Bonchev–Trinajstić information content (AvgIpc) is 2.53. The molecule has 0 atom stereocenters. The van der Waals surface area contributed by atoms with E-state index in [9.17, 15) is 0 Å². The summed E-state index contributed by atoms with van der Waals surface area (Å²) in [6.45, 7) is 6.82. The van der Waals surface area contributed by atoms with Gasteiger partial charge in [-0.25, -0.2) is 0 Å². The van der Waals surface area contributed by atoms with E-state index in [0.29, 0.717) is 0 Å². The van der Waals surface area contributed by atoms with Crippen LogP contribution < -0.4 is 4.90 Å². The Hall–Kier alpha value is -1.93. The van der Waals surface area contributed by atoms with Crippen LogP contribution in [0.5, 0.6) is 0 Å². The first-order valence-electron chi connectivity index (χ1n) is 8.03. The normalized spacial score (nSPS) is 13.8. The predicted molar refractivity (Wildman–Crippen MR) is 101 cm³/mol. The van der Waals surface area contributed by atoms with Crippen LogP contribution in [-0.2, 0) is 5.41 Å². The zero-order valence-electron chi connectivity index (χ0n) is 14.1. The number of hydrogen-bond acceptors (Lipinski definition) is 2. The van der Waals surface area contributed by atoms with Gasteiger partial charge in [0, 0.05) is 16.8 Å². The molecule has 2 heteroatoms. The van der Waals surface area contributed by atoms with Crippen LogP contribution in [0, 0.1) is 0 Å². The maximum absolute atomic E-state index is 2.36. The molecular formula is C21H21NS. The summed E-state index contributed by atoms with van der Waals surface area (Å²) in [5, 5.41) is 2.65. The van der Waals surface area contributed by atoms with E-state index >= 15 is 0 Å². The fourth-order valence-corrected chi connectivity index (χ4v) is 4.50. The van der Waals surface area contributed by atoms with Gasteiger partial charge in [-0.15, -0.1) is 0 Å². The van der Waals surface area contributed by atoms with E-state index in [0.717, 1.165) is 0 Å². The third-order valence-electron chi connectivity index (χ3n) is 4.62. The summed E-state index contributed by atoms with van der Waals surface area (Å²) >= 11 is 1.90. The third-order valence-corrected chi connectivity index (χ3v) is 5.80. The van der Waals surface area contributed by atoms with Crippen LogP contribution >= 0.6 is 11.8 Å². The van der Waals surface area contributed by atoms with Gasteiger partial charge in [0.25, 0.3) is 0 Å². The van der Waals surface area contributed by atoms with E-state index in [-0.39, 0.29) is 5.41 Å². The van der Waals surface area contributed by atoms with Gasteiger partial charge in [0.1, 0.15) is 0 Å². The smallest absolute Gasteiger partial charge is 0.0556 e. The summed E-state index contributed by atoms with van der Waals surface area (Å²) in [6.07, 6.45) is 0. The molecule has 0 spiro atoms. The topological polar surface area (TPSA) is 3.24 Å². The molecule has 0 bridgehead atoms. The number of nitrogens with zero attached hydrogens (tertiary/aromatic N) is 1. The van der Waals surface area contributed by atoms with E-state index in [2.05, 4.69) is 87.3 Å². The summed E-state index contributed by atoms with van der Waals surface area (Å²) in [7, 11) is 2.17. The molecular weight excluding hydrogens is 298 g/mol. The summed E-state index contributed by atoms with van der Waals surface area (Å²) in [5.41, 5.74) is 4.16. The zero-order chi connectivity index (χ0) is 16.2. The van der Waals surface area contributed by atoms with Crippen molar-refractivity contribution >= 4 is 33.9 Å². The lowest BCUT2D eigenvalue weighted by molar-refractivity contribution is 0.588. The van der Waals surface area contributed by atoms with Crippen LogP contribution in [0.15, 0.2) is 64.4 Å². The molecule has 4 rings (SSSR count). The quantitative estimate of drug-likeness (QED) is 0.473. The second-order valence-electron chi connectivity index (χ2n) is 7.23. The Morgan fingerprint density at radius 1 is 0.870 bits per heavy atom. The Morgan fingerprint density at radius 3 is 2.39 bits per heavy atom. The molecule has 1 heterocycles. The fourth-order valence-electron chi connectivity index (χ4n) is 3.18. The number of anilines is 2. The predicted octanol–water partition coefficient (Wildman–Crippen LogP) is 6.37. The molecule has 0 saturated carbocycles. The molecule has 116 valence electrons. The van der Waals surface area contributed by atoms with Crippen molar-refractivity contribution in [2.24, 2.45) is 0 Å². The number of hydrogen-bond donors (Lipinski definition) is 0. The monoisotopic (exact) mass is 319 g/mol. The first kappa shape index (κ1) is 14.6. The van der Waals surface area contributed by atoms with Crippen molar-refractivity contribution in [2.45, 2.75) is 36.0 Å². The molecule has 0 N–H and O–H groups in total. The summed E-state index contributed by atoms with van der Waals surface area (Å²) < 4.78 is 0. The van der Waals surface area contributed by atoms with Gasteiger partial charge in [-0.2, -0.15) is 0 Å². The highest BCUT2D eigenvalue weighted by molar-refractivity contribution is 8.00. The molecule has 0 radical (unpaired) electrons. The van der Waals surface area contributed by atoms with E-state index in [4.69, 9.17) is 0 Å². The first-order chi connectivity index (χ1) is 10.9. The van der Waals surface area contributed by atoms with Crippen LogP contribution in [0.4, 0.5) is 11.4 Å². The lowest BCUT2D eigenvalue weighted by atomic mass is 9.87. The van der Waals surface area contributed by atoms with Gasteiger partial charge in [0.15, 0.2) is 0 Å². The molecule has 0 unspecified atom stereocenters. The largest absolute Gasteiger partial charge is 0.343 e. The molecule has 0 fully saturated rings. The van der Waals surface area contributed by atoms with Gasteiger partial charge in [0.05, 0.1) is 11.4 Å². The van der Waals surface area contributed by atoms with Gasteiger partial charge in [-0.3, -0.25) is 0 Å². The van der Waals surface area contributed by atoms with Crippen molar-refractivity contribution in [3.05, 3.63) is 60.2 Å². The maximum Gasteiger partial charge on any atom is 0.0556 e. The second-order valence-corrected chi connectivity index (χ2v) is 8.28. The zero-order valence-corrected chi connectivity index (χ0v) is 14.9. The Labute approximate surface area is 142 Å². The SMILES string of the molecule is CN1c2ccc(C(C)(C)C)cc2Sc2c1ccc1ccccc21. The van der Waals surface area contributed by atoms with Crippen LogP contribution in [0.3, 0.4) is 0 Å². The molecule has 0 saturated heterocycles. The molecule has 1 nitrogen and oxygen atoms in total. The molecule has 1 aliphatic rings. The minimum Gasteiger partial charge on any atom is -0.343 e. The average molecular weight is 319 g/mol. The van der Waals surface area contributed by atoms with Crippen LogP contribution in [-0.4, -0.2) is 7.05 Å². The highest BCUT2D eigenvalue weighted by Gasteiger charge is 2.24. The number of fused-ring (bicyclic) bond motifs is 4. The van der Waals surface area contributed by atoms with Crippen LogP contribution in [0.1, 0.15) is 26.3 Å². The second kappa shape index (κ2) is 5.04. The van der Waals surface area contributed by atoms with E-state index in [1.165, 1.54) is 37.5 Å². The molecule has 1 aliphatic heterocycles. The molecule has 0 amide bonds. The highest BCUT2D eigenvalue weighted by Crippen LogP contribution is 2.50. The van der Waals surface area contributed by atoms with E-state index in [1.54, 1.807) is 0 Å². The maximum atomic E-state index is 2.36.